The third kappa shape index (κ3) is 4.11. The molecule has 0 aliphatic heterocycles. The number of rotatable bonds is 7. The molecule has 1 heterocycles. The van der Waals surface area contributed by atoms with Gasteiger partial charge in [-0.2, -0.15) is 9.78 Å². The van der Waals surface area contributed by atoms with Crippen molar-refractivity contribution in [2.24, 2.45) is 0 Å². The zero-order chi connectivity index (χ0) is 24.2. The van der Waals surface area contributed by atoms with Gasteiger partial charge in [-0.25, -0.2) is 0 Å². The molecule has 0 radical (unpaired) electrons. The van der Waals surface area contributed by atoms with E-state index >= 15 is 0 Å². The molecule has 9 nitrogen and oxygen atoms in total. The van der Waals surface area contributed by atoms with E-state index in [-0.39, 0.29) is 5.69 Å². The van der Waals surface area contributed by atoms with E-state index in [9.17, 15) is 9.59 Å². The van der Waals surface area contributed by atoms with E-state index in [0.717, 1.165) is 4.68 Å². The minimum Gasteiger partial charge on any atom is -0.497 e. The van der Waals surface area contributed by atoms with E-state index in [4.69, 9.17) is 18.9 Å². The summed E-state index contributed by atoms with van der Waals surface area (Å²) < 4.78 is 22.4. The first-order chi connectivity index (χ1) is 16.5. The van der Waals surface area contributed by atoms with Crippen molar-refractivity contribution < 1.29 is 23.7 Å². The van der Waals surface area contributed by atoms with Crippen LogP contribution in [0.1, 0.15) is 10.5 Å². The van der Waals surface area contributed by atoms with Crippen LogP contribution in [0, 0.1) is 0 Å². The van der Waals surface area contributed by atoms with Gasteiger partial charge < -0.3 is 24.3 Å². The molecule has 0 bridgehead atoms. The number of carbonyl (C=O) groups is 1. The quantitative estimate of drug-likeness (QED) is 0.448. The highest BCUT2D eigenvalue weighted by molar-refractivity contribution is 6.11. The molecule has 0 saturated heterocycles. The van der Waals surface area contributed by atoms with Gasteiger partial charge in [-0.1, -0.05) is 18.2 Å². The Morgan fingerprint density at radius 2 is 1.41 bits per heavy atom. The van der Waals surface area contributed by atoms with Crippen LogP contribution in [0.15, 0.2) is 65.5 Å². The van der Waals surface area contributed by atoms with E-state index in [2.05, 4.69) is 10.4 Å². The number of benzene rings is 3. The van der Waals surface area contributed by atoms with Gasteiger partial charge in [-0.05, 0) is 30.3 Å². The van der Waals surface area contributed by atoms with E-state index in [1.807, 2.05) is 0 Å². The average molecular weight is 461 g/mol. The van der Waals surface area contributed by atoms with Gasteiger partial charge >= 0.3 is 0 Å². The minimum atomic E-state index is -0.513. The van der Waals surface area contributed by atoms with Gasteiger partial charge in [0.2, 0.25) is 0 Å². The average Bonchev–Trinajstić information content (AvgIpc) is 2.88. The van der Waals surface area contributed by atoms with Crippen molar-refractivity contribution in [3.8, 4) is 28.7 Å². The van der Waals surface area contributed by atoms with Crippen LogP contribution >= 0.6 is 0 Å². The van der Waals surface area contributed by atoms with Crippen LogP contribution in [0.25, 0.3) is 16.5 Å². The minimum absolute atomic E-state index is 0.0611. The van der Waals surface area contributed by atoms with E-state index in [0.29, 0.717) is 45.1 Å². The molecular formula is C25H23N3O6. The van der Waals surface area contributed by atoms with E-state index in [1.54, 1.807) is 67.8 Å². The maximum absolute atomic E-state index is 13.4. The van der Waals surface area contributed by atoms with Gasteiger partial charge in [0, 0.05) is 17.5 Å². The second kappa shape index (κ2) is 9.53. The number of amides is 1. The number of ether oxygens (including phenoxy) is 4. The van der Waals surface area contributed by atoms with Crippen molar-refractivity contribution in [1.82, 2.24) is 9.78 Å². The summed E-state index contributed by atoms with van der Waals surface area (Å²) in [4.78, 5) is 26.7. The lowest BCUT2D eigenvalue weighted by atomic mass is 10.1. The van der Waals surface area contributed by atoms with Crippen LogP contribution in [0.4, 0.5) is 5.69 Å². The molecule has 3 aromatic carbocycles. The van der Waals surface area contributed by atoms with Crippen LogP contribution in [0.2, 0.25) is 0 Å². The third-order valence-electron chi connectivity index (χ3n) is 5.29. The Morgan fingerprint density at radius 1 is 0.794 bits per heavy atom. The maximum Gasteiger partial charge on any atom is 0.279 e. The molecule has 1 amide bonds. The van der Waals surface area contributed by atoms with Crippen molar-refractivity contribution in [3.05, 3.63) is 76.7 Å². The first-order valence-corrected chi connectivity index (χ1v) is 10.3. The van der Waals surface area contributed by atoms with E-state index in [1.165, 1.54) is 21.3 Å². The second-order valence-corrected chi connectivity index (χ2v) is 7.17. The van der Waals surface area contributed by atoms with Crippen LogP contribution < -0.4 is 29.8 Å². The predicted molar refractivity (Wildman–Crippen MR) is 128 cm³/mol. The number of methoxy groups -OCH3 is 4. The first kappa shape index (κ1) is 22.7. The van der Waals surface area contributed by atoms with Crippen LogP contribution in [-0.4, -0.2) is 44.1 Å². The van der Waals surface area contributed by atoms with Crippen LogP contribution in [-0.2, 0) is 0 Å². The van der Waals surface area contributed by atoms with Crippen molar-refractivity contribution in [2.75, 3.05) is 33.8 Å². The number of hydrogen-bond donors (Lipinski definition) is 1. The van der Waals surface area contributed by atoms with Gasteiger partial charge in [0.15, 0.2) is 5.69 Å². The monoisotopic (exact) mass is 461 g/mol. The summed E-state index contributed by atoms with van der Waals surface area (Å²) in [7, 11) is 6.05. The summed E-state index contributed by atoms with van der Waals surface area (Å²) in [5, 5.41) is 8.00. The Hall–Kier alpha value is -4.53. The molecular weight excluding hydrogens is 438 g/mol. The lowest BCUT2D eigenvalue weighted by Crippen LogP contribution is -2.27. The summed E-state index contributed by atoms with van der Waals surface area (Å²) in [6.45, 7) is 0. The molecule has 34 heavy (non-hydrogen) atoms. The van der Waals surface area contributed by atoms with Gasteiger partial charge in [0.1, 0.15) is 28.7 Å². The highest BCUT2D eigenvalue weighted by Crippen LogP contribution is 2.30. The molecule has 9 heteroatoms. The standard InChI is InChI=1S/C25H23N3O6/c1-31-15-9-11-19(21(13-15)33-3)26-24(29)23-17-7-5-6-8-18(17)25(30)28(27-23)20-12-10-16(32-2)14-22(20)34-4/h5-14H,1-4H3,(H,26,29). The number of carbonyl (C=O) groups excluding carboxylic acids is 1. The Kier molecular flexibility index (Phi) is 6.35. The highest BCUT2D eigenvalue weighted by Gasteiger charge is 2.20. The molecule has 174 valence electrons. The fourth-order valence-electron chi connectivity index (χ4n) is 3.56. The second-order valence-electron chi connectivity index (χ2n) is 7.17. The lowest BCUT2D eigenvalue weighted by molar-refractivity contribution is 0.102. The fraction of sp³-hybridized carbons (Fsp3) is 0.160. The van der Waals surface area contributed by atoms with Crippen LogP contribution in [0.3, 0.4) is 0 Å². The topological polar surface area (TPSA) is 101 Å². The largest absolute Gasteiger partial charge is 0.497 e. The number of fused-ring (bicyclic) bond motifs is 1. The first-order valence-electron chi connectivity index (χ1n) is 10.3. The number of aromatic nitrogens is 2. The molecule has 0 spiro atoms. The summed E-state index contributed by atoms with van der Waals surface area (Å²) in [6.07, 6.45) is 0. The zero-order valence-electron chi connectivity index (χ0n) is 19.1. The molecule has 1 N–H and O–H groups in total. The molecule has 0 unspecified atom stereocenters. The van der Waals surface area contributed by atoms with Crippen LogP contribution in [0.5, 0.6) is 23.0 Å². The van der Waals surface area contributed by atoms with Gasteiger partial charge in [-0.15, -0.1) is 0 Å². The van der Waals surface area contributed by atoms with Crippen molar-refractivity contribution in [3.63, 3.8) is 0 Å². The predicted octanol–water partition coefficient (Wildman–Crippen LogP) is 3.67. The lowest BCUT2D eigenvalue weighted by Gasteiger charge is -2.15. The number of nitrogens with zero attached hydrogens (tertiary/aromatic N) is 2. The normalized spacial score (nSPS) is 10.6. The molecule has 0 fully saturated rings. The molecule has 4 aromatic rings. The number of anilines is 1. The Bertz CT molecular complexity index is 1430. The number of nitrogens with one attached hydrogen (secondary N) is 1. The molecule has 0 aliphatic carbocycles. The Labute approximate surface area is 195 Å². The third-order valence-corrected chi connectivity index (χ3v) is 5.29. The van der Waals surface area contributed by atoms with E-state index < -0.39 is 11.5 Å². The van der Waals surface area contributed by atoms with Gasteiger partial charge in [0.25, 0.3) is 11.5 Å². The zero-order valence-corrected chi connectivity index (χ0v) is 19.1. The van der Waals surface area contributed by atoms with Crippen molar-refractivity contribution in [2.45, 2.75) is 0 Å². The van der Waals surface area contributed by atoms with Gasteiger partial charge in [0.05, 0.1) is 39.5 Å². The molecule has 1 aromatic heterocycles. The molecule has 4 rings (SSSR count). The van der Waals surface area contributed by atoms with Gasteiger partial charge in [-0.3, -0.25) is 9.59 Å². The maximum atomic E-state index is 13.4. The summed E-state index contributed by atoms with van der Waals surface area (Å²) >= 11 is 0. The summed E-state index contributed by atoms with van der Waals surface area (Å²) in [6, 6.07) is 16.8. The van der Waals surface area contributed by atoms with Crippen molar-refractivity contribution in [1.29, 1.82) is 0 Å². The Morgan fingerprint density at radius 3 is 2.06 bits per heavy atom. The summed E-state index contributed by atoms with van der Waals surface area (Å²) in [5.74, 6) is 1.41. The highest BCUT2D eigenvalue weighted by atomic mass is 16.5. The molecule has 0 saturated carbocycles. The molecule has 0 atom stereocenters. The SMILES string of the molecule is COc1ccc(NC(=O)c2nn(-c3ccc(OC)cc3OC)c(=O)c3ccccc23)c(OC)c1. The smallest absolute Gasteiger partial charge is 0.279 e. The fourth-order valence-corrected chi connectivity index (χ4v) is 3.56. The molecule has 0 aliphatic rings. The summed E-state index contributed by atoms with van der Waals surface area (Å²) in [5.41, 5.74) is 0.470. The Balaban J connectivity index is 1.87. The number of hydrogen-bond acceptors (Lipinski definition) is 7. The van der Waals surface area contributed by atoms with Crippen molar-refractivity contribution >= 4 is 22.4 Å².